The van der Waals surface area contributed by atoms with E-state index in [-0.39, 0.29) is 12.5 Å². The van der Waals surface area contributed by atoms with Crippen LogP contribution in [0.1, 0.15) is 41.7 Å². The number of hydrogen-bond acceptors (Lipinski definition) is 2. The van der Waals surface area contributed by atoms with Crippen molar-refractivity contribution in [2.24, 2.45) is 0 Å². The summed E-state index contributed by atoms with van der Waals surface area (Å²) in [5.41, 5.74) is 6.57. The minimum Gasteiger partial charge on any atom is -0.483 e. The Kier molecular flexibility index (Phi) is 6.02. The minimum atomic E-state index is -0.120. The van der Waals surface area contributed by atoms with E-state index in [1.807, 2.05) is 19.9 Å². The Morgan fingerprint density at radius 2 is 1.54 bits per heavy atom. The molecule has 0 atom stereocenters. The van der Waals surface area contributed by atoms with Crippen molar-refractivity contribution in [3.8, 4) is 5.75 Å². The van der Waals surface area contributed by atoms with Crippen molar-refractivity contribution >= 4 is 11.6 Å². The zero-order valence-corrected chi connectivity index (χ0v) is 15.3. The van der Waals surface area contributed by atoms with Gasteiger partial charge in [-0.05, 0) is 55.9 Å². The molecule has 0 aromatic heterocycles. The first kappa shape index (κ1) is 18.1. The van der Waals surface area contributed by atoms with E-state index in [9.17, 15) is 4.79 Å². The molecule has 0 bridgehead atoms. The molecule has 0 spiro atoms. The fourth-order valence-electron chi connectivity index (χ4n) is 3.11. The van der Waals surface area contributed by atoms with Gasteiger partial charge in [0.1, 0.15) is 5.75 Å². The highest BCUT2D eigenvalue weighted by Gasteiger charge is 2.12. The number of rotatable bonds is 6. The SMILES string of the molecule is CCc1cccc(CC)c1NC(=O)COc1c(C)cc(C)cc1C. The van der Waals surface area contributed by atoms with Crippen LogP contribution in [-0.2, 0) is 17.6 Å². The standard InChI is InChI=1S/C21H27NO2/c1-6-17-9-8-10-18(7-2)20(17)22-19(23)13-24-21-15(4)11-14(3)12-16(21)5/h8-12H,6-7,13H2,1-5H3,(H,22,23). The lowest BCUT2D eigenvalue weighted by Crippen LogP contribution is -2.22. The summed E-state index contributed by atoms with van der Waals surface area (Å²) in [5, 5.41) is 3.04. The van der Waals surface area contributed by atoms with Gasteiger partial charge in [0.25, 0.3) is 5.91 Å². The Hall–Kier alpha value is -2.29. The highest BCUT2D eigenvalue weighted by molar-refractivity contribution is 5.93. The Morgan fingerprint density at radius 1 is 1.00 bits per heavy atom. The summed E-state index contributed by atoms with van der Waals surface area (Å²) in [5.74, 6) is 0.681. The first-order valence-electron chi connectivity index (χ1n) is 8.57. The first-order chi connectivity index (χ1) is 11.5. The second-order valence-corrected chi connectivity index (χ2v) is 6.22. The fraction of sp³-hybridized carbons (Fsp3) is 0.381. The van der Waals surface area contributed by atoms with Crippen LogP contribution in [0, 0.1) is 20.8 Å². The molecule has 0 radical (unpaired) electrons. The average molecular weight is 325 g/mol. The van der Waals surface area contributed by atoms with Gasteiger partial charge in [-0.3, -0.25) is 4.79 Å². The van der Waals surface area contributed by atoms with Crippen LogP contribution < -0.4 is 10.1 Å². The molecule has 128 valence electrons. The van der Waals surface area contributed by atoms with Crippen LogP contribution >= 0.6 is 0 Å². The van der Waals surface area contributed by atoms with Crippen molar-refractivity contribution in [2.75, 3.05) is 11.9 Å². The summed E-state index contributed by atoms with van der Waals surface area (Å²) in [6.07, 6.45) is 1.78. The number of amides is 1. The van der Waals surface area contributed by atoms with Crippen LogP contribution in [0.2, 0.25) is 0 Å². The van der Waals surface area contributed by atoms with Gasteiger partial charge in [-0.2, -0.15) is 0 Å². The Balaban J connectivity index is 2.10. The molecule has 0 heterocycles. The Morgan fingerprint density at radius 3 is 2.04 bits per heavy atom. The van der Waals surface area contributed by atoms with Gasteiger partial charge in [0, 0.05) is 5.69 Å². The molecular weight excluding hydrogens is 298 g/mol. The van der Waals surface area contributed by atoms with E-state index in [1.165, 1.54) is 5.56 Å². The number of carbonyl (C=O) groups excluding carboxylic acids is 1. The van der Waals surface area contributed by atoms with Crippen molar-refractivity contribution in [3.05, 3.63) is 58.1 Å². The second kappa shape index (κ2) is 8.00. The molecule has 3 nitrogen and oxygen atoms in total. The molecule has 0 saturated carbocycles. The van der Waals surface area contributed by atoms with Crippen molar-refractivity contribution in [2.45, 2.75) is 47.5 Å². The number of benzene rings is 2. The maximum absolute atomic E-state index is 12.4. The third-order valence-corrected chi connectivity index (χ3v) is 4.22. The third-order valence-electron chi connectivity index (χ3n) is 4.22. The molecule has 0 aliphatic rings. The van der Waals surface area contributed by atoms with Gasteiger partial charge < -0.3 is 10.1 Å². The number of ether oxygens (including phenoxy) is 1. The van der Waals surface area contributed by atoms with E-state index in [1.54, 1.807) is 0 Å². The number of para-hydroxylation sites is 1. The van der Waals surface area contributed by atoms with Gasteiger partial charge in [-0.15, -0.1) is 0 Å². The predicted molar refractivity (Wildman–Crippen MR) is 100.0 cm³/mol. The molecular formula is C21H27NO2. The summed E-state index contributed by atoms with van der Waals surface area (Å²) in [6, 6.07) is 10.3. The van der Waals surface area contributed by atoms with Gasteiger partial charge in [-0.25, -0.2) is 0 Å². The Bertz CT molecular complexity index is 689. The largest absolute Gasteiger partial charge is 0.483 e. The fourth-order valence-corrected chi connectivity index (χ4v) is 3.11. The van der Waals surface area contributed by atoms with E-state index in [2.05, 4.69) is 50.4 Å². The molecule has 3 heteroatoms. The van der Waals surface area contributed by atoms with Crippen LogP contribution in [0.3, 0.4) is 0 Å². The Labute approximate surface area is 145 Å². The molecule has 0 fully saturated rings. The van der Waals surface area contributed by atoms with E-state index in [0.717, 1.165) is 46.5 Å². The lowest BCUT2D eigenvalue weighted by atomic mass is 10.0. The maximum Gasteiger partial charge on any atom is 0.262 e. The highest BCUT2D eigenvalue weighted by Crippen LogP contribution is 2.25. The summed E-state index contributed by atoms with van der Waals surface area (Å²) >= 11 is 0. The molecule has 0 unspecified atom stereocenters. The second-order valence-electron chi connectivity index (χ2n) is 6.22. The zero-order chi connectivity index (χ0) is 17.7. The highest BCUT2D eigenvalue weighted by atomic mass is 16.5. The van der Waals surface area contributed by atoms with E-state index in [4.69, 9.17) is 4.74 Å². The number of nitrogens with one attached hydrogen (secondary N) is 1. The van der Waals surface area contributed by atoms with Crippen LogP contribution in [-0.4, -0.2) is 12.5 Å². The topological polar surface area (TPSA) is 38.3 Å². The molecule has 0 aliphatic carbocycles. The van der Waals surface area contributed by atoms with Crippen LogP contribution in [0.4, 0.5) is 5.69 Å². The summed E-state index contributed by atoms with van der Waals surface area (Å²) < 4.78 is 5.79. The normalized spacial score (nSPS) is 10.5. The first-order valence-corrected chi connectivity index (χ1v) is 8.57. The number of carbonyl (C=O) groups is 1. The molecule has 2 rings (SSSR count). The molecule has 1 N–H and O–H groups in total. The summed E-state index contributed by atoms with van der Waals surface area (Å²) in [6.45, 7) is 10.3. The number of hydrogen-bond donors (Lipinski definition) is 1. The lowest BCUT2D eigenvalue weighted by Gasteiger charge is -2.16. The monoisotopic (exact) mass is 325 g/mol. The van der Waals surface area contributed by atoms with Crippen LogP contribution in [0.5, 0.6) is 5.75 Å². The number of anilines is 1. The minimum absolute atomic E-state index is 0.0198. The number of aryl methyl sites for hydroxylation is 5. The predicted octanol–water partition coefficient (Wildman–Crippen LogP) is 4.75. The molecule has 0 aliphatic heterocycles. The zero-order valence-electron chi connectivity index (χ0n) is 15.3. The third kappa shape index (κ3) is 4.16. The van der Waals surface area contributed by atoms with Crippen molar-refractivity contribution in [1.82, 2.24) is 0 Å². The van der Waals surface area contributed by atoms with Gasteiger partial charge in [-0.1, -0.05) is 49.7 Å². The molecule has 2 aromatic rings. The van der Waals surface area contributed by atoms with Crippen molar-refractivity contribution < 1.29 is 9.53 Å². The van der Waals surface area contributed by atoms with Crippen LogP contribution in [0.15, 0.2) is 30.3 Å². The molecule has 2 aromatic carbocycles. The van der Waals surface area contributed by atoms with Crippen molar-refractivity contribution in [1.29, 1.82) is 0 Å². The van der Waals surface area contributed by atoms with E-state index >= 15 is 0 Å². The van der Waals surface area contributed by atoms with E-state index < -0.39 is 0 Å². The average Bonchev–Trinajstić information content (AvgIpc) is 2.54. The molecule has 24 heavy (non-hydrogen) atoms. The van der Waals surface area contributed by atoms with Crippen LogP contribution in [0.25, 0.3) is 0 Å². The summed E-state index contributed by atoms with van der Waals surface area (Å²) in [4.78, 5) is 12.4. The quantitative estimate of drug-likeness (QED) is 0.832. The van der Waals surface area contributed by atoms with Crippen molar-refractivity contribution in [3.63, 3.8) is 0 Å². The van der Waals surface area contributed by atoms with Gasteiger partial charge >= 0.3 is 0 Å². The lowest BCUT2D eigenvalue weighted by molar-refractivity contribution is -0.118. The van der Waals surface area contributed by atoms with E-state index in [0.29, 0.717) is 0 Å². The summed E-state index contributed by atoms with van der Waals surface area (Å²) in [7, 11) is 0. The van der Waals surface area contributed by atoms with Gasteiger partial charge in [0.2, 0.25) is 0 Å². The van der Waals surface area contributed by atoms with Gasteiger partial charge in [0.15, 0.2) is 6.61 Å². The van der Waals surface area contributed by atoms with Gasteiger partial charge in [0.05, 0.1) is 0 Å². The molecule has 1 amide bonds. The molecule has 0 saturated heterocycles. The smallest absolute Gasteiger partial charge is 0.262 e. The maximum atomic E-state index is 12.4.